The van der Waals surface area contributed by atoms with E-state index in [0.29, 0.717) is 5.56 Å². The SMILES string of the molecule is C#Cc1cc(C(F)(F)F)ccc1N1CCCCC1. The molecule has 1 aliphatic heterocycles. The molecule has 1 aromatic rings. The molecule has 1 fully saturated rings. The van der Waals surface area contributed by atoms with Gasteiger partial charge in [-0.25, -0.2) is 0 Å². The van der Waals surface area contributed by atoms with Gasteiger partial charge in [0.1, 0.15) is 0 Å². The van der Waals surface area contributed by atoms with Crippen LogP contribution in [0.1, 0.15) is 30.4 Å². The second-order valence-corrected chi connectivity index (χ2v) is 4.42. The molecule has 1 heterocycles. The van der Waals surface area contributed by atoms with E-state index in [4.69, 9.17) is 6.42 Å². The maximum Gasteiger partial charge on any atom is 0.416 e. The summed E-state index contributed by atoms with van der Waals surface area (Å²) in [7, 11) is 0. The molecule has 1 nitrogen and oxygen atoms in total. The van der Waals surface area contributed by atoms with E-state index in [0.717, 1.165) is 43.8 Å². The molecule has 0 radical (unpaired) electrons. The van der Waals surface area contributed by atoms with Crippen LogP contribution in [-0.4, -0.2) is 13.1 Å². The van der Waals surface area contributed by atoms with Crippen LogP contribution >= 0.6 is 0 Å². The highest BCUT2D eigenvalue weighted by Gasteiger charge is 2.31. The summed E-state index contributed by atoms with van der Waals surface area (Å²) in [5.41, 5.74) is 0.383. The molecule has 4 heteroatoms. The lowest BCUT2D eigenvalue weighted by Crippen LogP contribution is -2.30. The summed E-state index contributed by atoms with van der Waals surface area (Å²) in [6.45, 7) is 1.72. The number of hydrogen-bond donors (Lipinski definition) is 0. The molecule has 0 bridgehead atoms. The van der Waals surface area contributed by atoms with Crippen LogP contribution in [0.15, 0.2) is 18.2 Å². The molecule has 2 rings (SSSR count). The lowest BCUT2D eigenvalue weighted by atomic mass is 10.0. The molecule has 96 valence electrons. The van der Waals surface area contributed by atoms with Gasteiger partial charge in [0.05, 0.1) is 11.3 Å². The van der Waals surface area contributed by atoms with Crippen molar-refractivity contribution >= 4 is 5.69 Å². The molecular weight excluding hydrogens is 239 g/mol. The molecule has 1 aliphatic rings. The van der Waals surface area contributed by atoms with Crippen LogP contribution in [0.25, 0.3) is 0 Å². The van der Waals surface area contributed by atoms with Crippen LogP contribution in [0, 0.1) is 12.3 Å². The number of rotatable bonds is 1. The number of terminal acetylenes is 1. The van der Waals surface area contributed by atoms with E-state index in [2.05, 4.69) is 10.8 Å². The fourth-order valence-electron chi connectivity index (χ4n) is 2.24. The van der Waals surface area contributed by atoms with E-state index in [9.17, 15) is 13.2 Å². The molecule has 0 atom stereocenters. The smallest absolute Gasteiger partial charge is 0.371 e. The summed E-state index contributed by atoms with van der Waals surface area (Å²) in [6.07, 6.45) is 4.27. The van der Waals surface area contributed by atoms with Crippen molar-refractivity contribution in [2.24, 2.45) is 0 Å². The third-order valence-corrected chi connectivity index (χ3v) is 3.18. The van der Waals surface area contributed by atoms with Gasteiger partial charge in [-0.1, -0.05) is 5.92 Å². The van der Waals surface area contributed by atoms with Crippen molar-refractivity contribution in [2.45, 2.75) is 25.4 Å². The highest BCUT2D eigenvalue weighted by molar-refractivity contribution is 5.62. The fraction of sp³-hybridized carbons (Fsp3) is 0.429. The van der Waals surface area contributed by atoms with Gasteiger partial charge in [0.15, 0.2) is 0 Å². The molecule has 0 amide bonds. The van der Waals surface area contributed by atoms with Gasteiger partial charge in [-0.2, -0.15) is 13.2 Å². The number of anilines is 1. The normalized spacial score (nSPS) is 16.4. The Kier molecular flexibility index (Phi) is 3.51. The van der Waals surface area contributed by atoms with Crippen molar-refractivity contribution in [1.82, 2.24) is 0 Å². The van der Waals surface area contributed by atoms with Gasteiger partial charge in [0.2, 0.25) is 0 Å². The largest absolute Gasteiger partial charge is 0.416 e. The van der Waals surface area contributed by atoms with E-state index in [1.165, 1.54) is 12.5 Å². The number of benzene rings is 1. The quantitative estimate of drug-likeness (QED) is 0.690. The summed E-state index contributed by atoms with van der Waals surface area (Å²) in [6, 6.07) is 3.65. The standard InChI is InChI=1S/C14H14F3N/c1-2-11-10-12(14(15,16)17)6-7-13(11)18-8-4-3-5-9-18/h1,6-7,10H,3-5,8-9H2. The first-order valence-electron chi connectivity index (χ1n) is 5.95. The summed E-state index contributed by atoms with van der Waals surface area (Å²) in [4.78, 5) is 2.07. The minimum Gasteiger partial charge on any atom is -0.371 e. The van der Waals surface area contributed by atoms with Gasteiger partial charge in [0, 0.05) is 18.7 Å². The Balaban J connectivity index is 2.34. The second-order valence-electron chi connectivity index (χ2n) is 4.42. The Morgan fingerprint density at radius 2 is 1.78 bits per heavy atom. The molecular formula is C14H14F3N. The predicted octanol–water partition coefficient (Wildman–Crippen LogP) is 3.68. The van der Waals surface area contributed by atoms with Crippen LogP contribution < -0.4 is 4.90 Å². The molecule has 0 saturated carbocycles. The van der Waals surface area contributed by atoms with Crippen molar-refractivity contribution < 1.29 is 13.2 Å². The first-order chi connectivity index (χ1) is 8.52. The van der Waals surface area contributed by atoms with E-state index in [-0.39, 0.29) is 0 Å². The number of halogens is 3. The third-order valence-electron chi connectivity index (χ3n) is 3.18. The Morgan fingerprint density at radius 1 is 1.11 bits per heavy atom. The first-order valence-corrected chi connectivity index (χ1v) is 5.95. The van der Waals surface area contributed by atoms with E-state index < -0.39 is 11.7 Å². The fourth-order valence-corrected chi connectivity index (χ4v) is 2.24. The number of piperidine rings is 1. The minimum atomic E-state index is -4.34. The highest BCUT2D eigenvalue weighted by Crippen LogP contribution is 2.33. The van der Waals surface area contributed by atoms with Gasteiger partial charge in [-0.05, 0) is 37.5 Å². The van der Waals surface area contributed by atoms with Crippen LogP contribution in [0.4, 0.5) is 18.9 Å². The van der Waals surface area contributed by atoms with Gasteiger partial charge >= 0.3 is 6.18 Å². The van der Waals surface area contributed by atoms with Gasteiger partial charge in [-0.15, -0.1) is 6.42 Å². The Bertz CT molecular complexity index is 465. The van der Waals surface area contributed by atoms with Crippen molar-refractivity contribution in [3.8, 4) is 12.3 Å². The maximum absolute atomic E-state index is 12.6. The van der Waals surface area contributed by atoms with Crippen molar-refractivity contribution in [3.05, 3.63) is 29.3 Å². The Morgan fingerprint density at radius 3 is 2.33 bits per heavy atom. The lowest BCUT2D eigenvalue weighted by Gasteiger charge is -2.30. The van der Waals surface area contributed by atoms with E-state index >= 15 is 0 Å². The van der Waals surface area contributed by atoms with Gasteiger partial charge < -0.3 is 4.90 Å². The van der Waals surface area contributed by atoms with Crippen LogP contribution in [0.3, 0.4) is 0 Å². The maximum atomic E-state index is 12.6. The second kappa shape index (κ2) is 4.93. The third kappa shape index (κ3) is 2.61. The Hall–Kier alpha value is -1.63. The average Bonchev–Trinajstić information content (AvgIpc) is 2.38. The number of nitrogens with zero attached hydrogens (tertiary/aromatic N) is 1. The van der Waals surface area contributed by atoms with Crippen LogP contribution in [0.2, 0.25) is 0 Å². The Labute approximate surface area is 105 Å². The molecule has 0 spiro atoms. The molecule has 1 saturated heterocycles. The summed E-state index contributed by atoms with van der Waals surface area (Å²) >= 11 is 0. The van der Waals surface area contributed by atoms with Gasteiger partial charge in [-0.3, -0.25) is 0 Å². The zero-order valence-electron chi connectivity index (χ0n) is 9.93. The summed E-state index contributed by atoms with van der Waals surface area (Å²) in [5, 5.41) is 0. The molecule has 18 heavy (non-hydrogen) atoms. The van der Waals surface area contributed by atoms with Crippen molar-refractivity contribution in [2.75, 3.05) is 18.0 Å². The van der Waals surface area contributed by atoms with Crippen LogP contribution in [0.5, 0.6) is 0 Å². The zero-order valence-corrected chi connectivity index (χ0v) is 9.93. The number of alkyl halides is 3. The monoisotopic (exact) mass is 253 g/mol. The van der Waals surface area contributed by atoms with Crippen molar-refractivity contribution in [3.63, 3.8) is 0 Å². The molecule has 0 unspecified atom stereocenters. The predicted molar refractivity (Wildman–Crippen MR) is 65.4 cm³/mol. The van der Waals surface area contributed by atoms with E-state index in [1.807, 2.05) is 0 Å². The van der Waals surface area contributed by atoms with Gasteiger partial charge in [0.25, 0.3) is 0 Å². The summed E-state index contributed by atoms with van der Waals surface area (Å²) < 4.78 is 37.8. The first kappa shape index (κ1) is 12.8. The lowest BCUT2D eigenvalue weighted by molar-refractivity contribution is -0.137. The average molecular weight is 253 g/mol. The molecule has 0 aliphatic carbocycles. The van der Waals surface area contributed by atoms with E-state index in [1.54, 1.807) is 0 Å². The molecule has 0 aromatic heterocycles. The van der Waals surface area contributed by atoms with Crippen LogP contribution in [-0.2, 0) is 6.18 Å². The minimum absolute atomic E-state index is 0.326. The number of hydrogen-bond acceptors (Lipinski definition) is 1. The molecule has 0 N–H and O–H groups in total. The highest BCUT2D eigenvalue weighted by atomic mass is 19.4. The summed E-state index contributed by atoms with van der Waals surface area (Å²) in [5.74, 6) is 2.36. The zero-order chi connectivity index (χ0) is 13.2. The topological polar surface area (TPSA) is 3.24 Å². The molecule has 1 aromatic carbocycles. The van der Waals surface area contributed by atoms with Crippen molar-refractivity contribution in [1.29, 1.82) is 0 Å².